The van der Waals surface area contributed by atoms with E-state index in [2.05, 4.69) is 5.32 Å². The van der Waals surface area contributed by atoms with Crippen LogP contribution in [0.15, 0.2) is 29.2 Å². The Balaban J connectivity index is 2.22. The third-order valence-electron chi connectivity index (χ3n) is 3.07. The summed E-state index contributed by atoms with van der Waals surface area (Å²) in [5.74, 6) is -0.115. The summed E-state index contributed by atoms with van der Waals surface area (Å²) < 4.78 is 26.1. The van der Waals surface area contributed by atoms with Gasteiger partial charge in [-0.3, -0.25) is 4.79 Å². The molecule has 1 heterocycles. The molecule has 1 aliphatic rings. The second kappa shape index (κ2) is 5.68. The van der Waals surface area contributed by atoms with Crippen molar-refractivity contribution in [3.05, 3.63) is 29.8 Å². The third-order valence-corrected chi connectivity index (χ3v) is 4.98. The normalized spacial score (nSPS) is 17.8. The number of nitrogens with two attached hydrogens (primary N) is 1. The summed E-state index contributed by atoms with van der Waals surface area (Å²) in [5, 5.41) is 2.65. The Bertz CT molecular complexity index is 554. The number of hydrogen-bond donors (Lipinski definition) is 2. The van der Waals surface area contributed by atoms with Crippen LogP contribution >= 0.6 is 0 Å². The number of amides is 1. The third kappa shape index (κ3) is 3.12. The quantitative estimate of drug-likeness (QED) is 0.793. The smallest absolute Gasteiger partial charge is 0.243 e. The van der Waals surface area contributed by atoms with Crippen LogP contribution in [0.1, 0.15) is 12.0 Å². The van der Waals surface area contributed by atoms with Gasteiger partial charge < -0.3 is 11.1 Å². The van der Waals surface area contributed by atoms with E-state index in [1.54, 1.807) is 24.3 Å². The summed E-state index contributed by atoms with van der Waals surface area (Å²) in [6.07, 6.45) is 0.195. The predicted molar refractivity (Wildman–Crippen MR) is 70.7 cm³/mol. The Morgan fingerprint density at radius 3 is 2.53 bits per heavy atom. The highest BCUT2D eigenvalue weighted by Gasteiger charge is 2.26. The molecule has 2 rings (SSSR count). The molecule has 1 amide bonds. The fourth-order valence-electron chi connectivity index (χ4n) is 1.93. The van der Waals surface area contributed by atoms with Gasteiger partial charge in [0.25, 0.3) is 0 Å². The number of benzene rings is 1. The van der Waals surface area contributed by atoms with Crippen LogP contribution in [0.25, 0.3) is 0 Å². The first-order chi connectivity index (χ1) is 9.04. The average Bonchev–Trinajstić information content (AvgIpc) is 2.64. The van der Waals surface area contributed by atoms with E-state index in [1.807, 2.05) is 0 Å². The number of carbonyl (C=O) groups excluding carboxylic acids is 1. The molecular formula is C12H17N3O3S. The van der Waals surface area contributed by atoms with Crippen LogP contribution < -0.4 is 11.1 Å². The highest BCUT2D eigenvalue weighted by Crippen LogP contribution is 2.17. The Hall–Kier alpha value is -1.44. The minimum Gasteiger partial charge on any atom is -0.355 e. The zero-order valence-electron chi connectivity index (χ0n) is 10.5. The lowest BCUT2D eigenvalue weighted by atomic mass is 10.2. The lowest BCUT2D eigenvalue weighted by molar-refractivity contribution is -0.120. The second-order valence-corrected chi connectivity index (χ2v) is 6.29. The summed E-state index contributed by atoms with van der Waals surface area (Å²) in [7, 11) is -3.53. The van der Waals surface area contributed by atoms with E-state index >= 15 is 0 Å². The van der Waals surface area contributed by atoms with Crippen LogP contribution in [0, 0.1) is 0 Å². The molecule has 3 N–H and O–H groups in total. The van der Waals surface area contributed by atoms with Crippen molar-refractivity contribution in [1.29, 1.82) is 0 Å². The Labute approximate surface area is 112 Å². The Morgan fingerprint density at radius 2 is 1.89 bits per heavy atom. The van der Waals surface area contributed by atoms with Gasteiger partial charge in [-0.25, -0.2) is 8.42 Å². The van der Waals surface area contributed by atoms with Crippen LogP contribution in [0.5, 0.6) is 0 Å². The van der Waals surface area contributed by atoms with E-state index in [0.717, 1.165) is 5.56 Å². The molecule has 1 aliphatic heterocycles. The minimum absolute atomic E-state index is 0.115. The largest absolute Gasteiger partial charge is 0.355 e. The molecule has 1 aromatic rings. The fraction of sp³-hybridized carbons (Fsp3) is 0.417. The van der Waals surface area contributed by atoms with Crippen LogP contribution in [-0.4, -0.2) is 38.3 Å². The molecule has 0 aliphatic carbocycles. The van der Waals surface area contributed by atoms with Gasteiger partial charge in [0, 0.05) is 32.6 Å². The van der Waals surface area contributed by atoms with E-state index in [9.17, 15) is 13.2 Å². The van der Waals surface area contributed by atoms with Crippen LogP contribution in [-0.2, 0) is 21.4 Å². The number of rotatable bonds is 3. The number of sulfonamides is 1. The number of hydrogen-bond acceptors (Lipinski definition) is 4. The zero-order valence-corrected chi connectivity index (χ0v) is 11.3. The first kappa shape index (κ1) is 14.0. The van der Waals surface area contributed by atoms with Crippen LogP contribution in [0.2, 0.25) is 0 Å². The lowest BCUT2D eigenvalue weighted by Gasteiger charge is -2.19. The molecule has 19 heavy (non-hydrogen) atoms. The molecule has 0 bridgehead atoms. The maximum Gasteiger partial charge on any atom is 0.243 e. The molecule has 0 unspecified atom stereocenters. The molecule has 1 aromatic carbocycles. The van der Waals surface area contributed by atoms with Crippen molar-refractivity contribution in [2.75, 3.05) is 19.6 Å². The van der Waals surface area contributed by atoms with Crippen LogP contribution in [0.4, 0.5) is 0 Å². The molecule has 1 saturated heterocycles. The van der Waals surface area contributed by atoms with Crippen molar-refractivity contribution in [3.8, 4) is 0 Å². The summed E-state index contributed by atoms with van der Waals surface area (Å²) in [4.78, 5) is 11.5. The van der Waals surface area contributed by atoms with Gasteiger partial charge in [-0.15, -0.1) is 0 Å². The van der Waals surface area contributed by atoms with Crippen molar-refractivity contribution >= 4 is 15.9 Å². The summed E-state index contributed by atoms with van der Waals surface area (Å²) in [5.41, 5.74) is 6.36. The molecule has 1 fully saturated rings. The lowest BCUT2D eigenvalue weighted by Crippen LogP contribution is -2.34. The topological polar surface area (TPSA) is 92.5 Å². The maximum absolute atomic E-state index is 12.4. The monoisotopic (exact) mass is 283 g/mol. The first-order valence-electron chi connectivity index (χ1n) is 6.10. The maximum atomic E-state index is 12.4. The first-order valence-corrected chi connectivity index (χ1v) is 7.54. The van der Waals surface area contributed by atoms with E-state index in [0.29, 0.717) is 19.6 Å². The fourth-order valence-corrected chi connectivity index (χ4v) is 3.37. The van der Waals surface area contributed by atoms with Gasteiger partial charge >= 0.3 is 0 Å². The number of nitrogens with zero attached hydrogens (tertiary/aromatic N) is 1. The standard InChI is InChI=1S/C12H17N3O3S/c13-9-10-1-3-11(4-2-10)19(17,18)15-7-5-12(16)14-6-8-15/h1-4H,5-9,13H2,(H,14,16). The van der Waals surface area contributed by atoms with Gasteiger partial charge in [0.05, 0.1) is 4.90 Å². The summed E-state index contributed by atoms with van der Waals surface area (Å²) in [6.45, 7) is 1.24. The summed E-state index contributed by atoms with van der Waals surface area (Å²) in [6, 6.07) is 6.51. The van der Waals surface area contributed by atoms with E-state index in [-0.39, 0.29) is 23.8 Å². The van der Waals surface area contributed by atoms with Crippen molar-refractivity contribution < 1.29 is 13.2 Å². The van der Waals surface area contributed by atoms with E-state index in [4.69, 9.17) is 5.73 Å². The van der Waals surface area contributed by atoms with E-state index < -0.39 is 10.0 Å². The molecule has 0 aromatic heterocycles. The van der Waals surface area contributed by atoms with Gasteiger partial charge in [-0.05, 0) is 17.7 Å². The van der Waals surface area contributed by atoms with Gasteiger partial charge in [0.15, 0.2) is 0 Å². The molecule has 0 spiro atoms. The molecule has 6 nitrogen and oxygen atoms in total. The van der Waals surface area contributed by atoms with Gasteiger partial charge in [0.1, 0.15) is 0 Å². The molecule has 0 atom stereocenters. The van der Waals surface area contributed by atoms with E-state index in [1.165, 1.54) is 4.31 Å². The molecule has 7 heteroatoms. The highest BCUT2D eigenvalue weighted by molar-refractivity contribution is 7.89. The molecule has 104 valence electrons. The number of nitrogens with one attached hydrogen (secondary N) is 1. The van der Waals surface area contributed by atoms with Crippen molar-refractivity contribution in [2.45, 2.75) is 17.9 Å². The molecule has 0 radical (unpaired) electrons. The van der Waals surface area contributed by atoms with Crippen molar-refractivity contribution in [3.63, 3.8) is 0 Å². The molecular weight excluding hydrogens is 266 g/mol. The summed E-state index contributed by atoms with van der Waals surface area (Å²) >= 11 is 0. The second-order valence-electron chi connectivity index (χ2n) is 4.35. The van der Waals surface area contributed by atoms with Crippen LogP contribution in [0.3, 0.4) is 0 Å². The Morgan fingerprint density at radius 1 is 1.21 bits per heavy atom. The highest BCUT2D eigenvalue weighted by atomic mass is 32.2. The average molecular weight is 283 g/mol. The predicted octanol–water partition coefficient (Wildman–Crippen LogP) is -0.344. The SMILES string of the molecule is NCc1ccc(S(=O)(=O)N2CCNC(=O)CC2)cc1. The van der Waals surface area contributed by atoms with Crippen molar-refractivity contribution in [2.24, 2.45) is 5.73 Å². The minimum atomic E-state index is -3.53. The zero-order chi connectivity index (χ0) is 13.9. The Kier molecular flexibility index (Phi) is 4.18. The number of carbonyl (C=O) groups is 1. The van der Waals surface area contributed by atoms with Gasteiger partial charge in [-0.2, -0.15) is 4.31 Å². The molecule has 0 saturated carbocycles. The van der Waals surface area contributed by atoms with Gasteiger partial charge in [0.2, 0.25) is 15.9 Å². The van der Waals surface area contributed by atoms with Crippen molar-refractivity contribution in [1.82, 2.24) is 9.62 Å². The van der Waals surface area contributed by atoms with Gasteiger partial charge in [-0.1, -0.05) is 12.1 Å².